The molecule has 0 spiro atoms. The lowest BCUT2D eigenvalue weighted by molar-refractivity contribution is -0.125. The normalized spacial score (nSPS) is 9.00. The Morgan fingerprint density at radius 2 is 1.90 bits per heavy atom. The Hall–Kier alpha value is -0.990. The first-order chi connectivity index (χ1) is 4.81. The Balaban J connectivity index is 0. The summed E-state index contributed by atoms with van der Waals surface area (Å²) < 4.78 is 8.85. The molecule has 0 aliphatic rings. The predicted molar refractivity (Wildman–Crippen MR) is 39.3 cm³/mol. The van der Waals surface area contributed by atoms with Gasteiger partial charge in [-0.1, -0.05) is 13.8 Å². The molecule has 3 heteroatoms. The number of allylic oxidation sites excluding steroid dienone is 1. The highest BCUT2D eigenvalue weighted by atomic mass is 16.5. The van der Waals surface area contributed by atoms with Gasteiger partial charge in [0.1, 0.15) is 12.0 Å². The molecule has 0 fully saturated rings. The van der Waals surface area contributed by atoms with Gasteiger partial charge in [-0.05, 0) is 6.92 Å². The smallest absolute Gasteiger partial charge is 0.298 e. The van der Waals surface area contributed by atoms with E-state index in [1.807, 2.05) is 13.8 Å². The largest absolute Gasteiger partial charge is 0.501 e. The number of hydrogen-bond donors (Lipinski definition) is 0. The van der Waals surface area contributed by atoms with Gasteiger partial charge in [-0.3, -0.25) is 4.79 Å². The molecule has 0 amide bonds. The number of methoxy groups -OCH3 is 1. The van der Waals surface area contributed by atoms with Crippen molar-refractivity contribution in [2.75, 3.05) is 7.11 Å². The van der Waals surface area contributed by atoms with Crippen LogP contribution < -0.4 is 0 Å². The maximum Gasteiger partial charge on any atom is 0.298 e. The lowest BCUT2D eigenvalue weighted by Crippen LogP contribution is -1.83. The topological polar surface area (TPSA) is 35.5 Å². The molecule has 0 saturated heterocycles. The van der Waals surface area contributed by atoms with Gasteiger partial charge in [0.15, 0.2) is 0 Å². The quantitative estimate of drug-likeness (QED) is 0.449. The van der Waals surface area contributed by atoms with E-state index in [2.05, 4.69) is 9.47 Å². The fraction of sp³-hybridized carbons (Fsp3) is 0.571. The summed E-state index contributed by atoms with van der Waals surface area (Å²) in [4.78, 5) is 9.57. The van der Waals surface area contributed by atoms with Crippen LogP contribution in [0.1, 0.15) is 20.8 Å². The van der Waals surface area contributed by atoms with Crippen molar-refractivity contribution in [3.8, 4) is 0 Å². The molecule has 0 saturated carbocycles. The van der Waals surface area contributed by atoms with Crippen LogP contribution in [0.15, 0.2) is 12.0 Å². The monoisotopic (exact) mass is 146 g/mol. The number of hydrogen-bond acceptors (Lipinski definition) is 3. The van der Waals surface area contributed by atoms with Crippen LogP contribution in [0.5, 0.6) is 0 Å². The molecule has 0 atom stereocenters. The van der Waals surface area contributed by atoms with Crippen LogP contribution in [-0.4, -0.2) is 13.6 Å². The number of ether oxygens (including phenoxy) is 2. The summed E-state index contributed by atoms with van der Waals surface area (Å²) in [6, 6.07) is 0. The first-order valence-corrected chi connectivity index (χ1v) is 3.11. The highest BCUT2D eigenvalue weighted by Gasteiger charge is 1.82. The molecule has 0 heterocycles. The third kappa shape index (κ3) is 10.1. The molecule has 0 aliphatic carbocycles. The van der Waals surface area contributed by atoms with Crippen molar-refractivity contribution in [3.63, 3.8) is 0 Å². The number of carbonyl (C=O) groups excluding carboxylic acids is 1. The van der Waals surface area contributed by atoms with Crippen LogP contribution in [0.3, 0.4) is 0 Å². The lowest BCUT2D eigenvalue weighted by Gasteiger charge is -1.92. The molecule has 0 rings (SSSR count). The minimum atomic E-state index is 0.352. The third-order valence-corrected chi connectivity index (χ3v) is 0.518. The Morgan fingerprint density at radius 3 is 2.20 bits per heavy atom. The second kappa shape index (κ2) is 10.9. The maximum atomic E-state index is 9.57. The molecular weight excluding hydrogens is 132 g/mol. The molecule has 0 aromatic rings. The molecular formula is C7H14O3. The summed E-state index contributed by atoms with van der Waals surface area (Å²) in [5, 5.41) is 0. The third-order valence-electron chi connectivity index (χ3n) is 0.518. The highest BCUT2D eigenvalue weighted by Crippen LogP contribution is 1.90. The van der Waals surface area contributed by atoms with Crippen molar-refractivity contribution in [1.29, 1.82) is 0 Å². The Morgan fingerprint density at radius 1 is 1.40 bits per heavy atom. The van der Waals surface area contributed by atoms with Gasteiger partial charge in [0.2, 0.25) is 0 Å². The van der Waals surface area contributed by atoms with Crippen molar-refractivity contribution in [1.82, 2.24) is 0 Å². The van der Waals surface area contributed by atoms with Gasteiger partial charge in [-0.2, -0.15) is 0 Å². The summed E-state index contributed by atoms with van der Waals surface area (Å²) in [6.45, 7) is 5.97. The number of rotatable bonds is 3. The molecule has 0 aliphatic heterocycles. The average Bonchev–Trinajstić information content (AvgIpc) is 1.93. The van der Waals surface area contributed by atoms with Gasteiger partial charge in [-0.25, -0.2) is 0 Å². The van der Waals surface area contributed by atoms with Crippen molar-refractivity contribution in [2.24, 2.45) is 0 Å². The van der Waals surface area contributed by atoms with E-state index in [-0.39, 0.29) is 0 Å². The van der Waals surface area contributed by atoms with E-state index in [9.17, 15) is 4.79 Å². The molecule has 0 aromatic heterocycles. The summed E-state index contributed by atoms with van der Waals surface area (Å²) in [5.74, 6) is 0.447. The molecule has 0 unspecified atom stereocenters. The fourth-order valence-corrected chi connectivity index (χ4v) is 0.270. The average molecular weight is 146 g/mol. The van der Waals surface area contributed by atoms with Gasteiger partial charge >= 0.3 is 0 Å². The fourth-order valence-electron chi connectivity index (χ4n) is 0.270. The van der Waals surface area contributed by atoms with Crippen LogP contribution in [0, 0.1) is 0 Å². The van der Waals surface area contributed by atoms with E-state index in [1.54, 1.807) is 6.92 Å². The predicted octanol–water partition coefficient (Wildman–Crippen LogP) is 1.69. The minimum absolute atomic E-state index is 0.352. The van der Waals surface area contributed by atoms with E-state index in [1.165, 1.54) is 13.4 Å². The Labute approximate surface area is 61.6 Å². The first kappa shape index (κ1) is 11.8. The molecule has 3 nitrogen and oxygen atoms in total. The molecule has 60 valence electrons. The zero-order valence-corrected chi connectivity index (χ0v) is 6.88. The molecule has 0 radical (unpaired) electrons. The molecule has 10 heavy (non-hydrogen) atoms. The van der Waals surface area contributed by atoms with Gasteiger partial charge in [0.25, 0.3) is 6.47 Å². The number of carbonyl (C=O) groups is 1. The molecule has 0 N–H and O–H groups in total. The highest BCUT2D eigenvalue weighted by molar-refractivity contribution is 5.39. The van der Waals surface area contributed by atoms with Crippen LogP contribution in [0.4, 0.5) is 0 Å². The second-order valence-corrected chi connectivity index (χ2v) is 1.18. The minimum Gasteiger partial charge on any atom is -0.501 e. The van der Waals surface area contributed by atoms with Gasteiger partial charge in [-0.15, -0.1) is 0 Å². The summed E-state index contributed by atoms with van der Waals surface area (Å²) in [7, 11) is 1.48. The summed E-state index contributed by atoms with van der Waals surface area (Å²) in [5.41, 5.74) is 0. The summed E-state index contributed by atoms with van der Waals surface area (Å²) >= 11 is 0. The zero-order valence-electron chi connectivity index (χ0n) is 6.88. The molecule has 0 bridgehead atoms. The van der Waals surface area contributed by atoms with E-state index >= 15 is 0 Å². The van der Waals surface area contributed by atoms with E-state index in [0.717, 1.165) is 0 Å². The van der Waals surface area contributed by atoms with Crippen LogP contribution >= 0.6 is 0 Å². The second-order valence-electron chi connectivity index (χ2n) is 1.18. The van der Waals surface area contributed by atoms with Crippen LogP contribution in [-0.2, 0) is 14.3 Å². The van der Waals surface area contributed by atoms with Gasteiger partial charge < -0.3 is 9.47 Å². The Bertz CT molecular complexity index is 97.0. The zero-order chi connectivity index (χ0) is 8.41. The van der Waals surface area contributed by atoms with Crippen LogP contribution in [0.2, 0.25) is 0 Å². The van der Waals surface area contributed by atoms with Crippen LogP contribution in [0.25, 0.3) is 0 Å². The van der Waals surface area contributed by atoms with Crippen molar-refractivity contribution in [2.45, 2.75) is 20.8 Å². The van der Waals surface area contributed by atoms with Gasteiger partial charge in [0.05, 0.1) is 7.11 Å². The first-order valence-electron chi connectivity index (χ1n) is 3.11. The summed E-state index contributed by atoms with van der Waals surface area (Å²) in [6.07, 6.45) is 1.34. The van der Waals surface area contributed by atoms with Crippen molar-refractivity contribution >= 4 is 6.47 Å². The van der Waals surface area contributed by atoms with Gasteiger partial charge in [0, 0.05) is 0 Å². The SMILES string of the molecule is CC.CO/C=C(/C)OC=O. The van der Waals surface area contributed by atoms with E-state index in [4.69, 9.17) is 0 Å². The lowest BCUT2D eigenvalue weighted by atomic mass is 10.6. The van der Waals surface area contributed by atoms with E-state index < -0.39 is 0 Å². The van der Waals surface area contributed by atoms with E-state index in [0.29, 0.717) is 12.2 Å². The standard InChI is InChI=1S/C5H8O3.C2H6/c1-5(3-7-2)8-4-6;1-2/h3-4H,1-2H3;1-2H3/b5-3-;. The van der Waals surface area contributed by atoms with Crippen molar-refractivity contribution in [3.05, 3.63) is 12.0 Å². The maximum absolute atomic E-state index is 9.57. The van der Waals surface area contributed by atoms with Crippen molar-refractivity contribution < 1.29 is 14.3 Å². The Kier molecular flexibility index (Phi) is 12.8. The molecule has 0 aromatic carbocycles.